The quantitative estimate of drug-likeness (QED) is 0.644. The minimum absolute atomic E-state index is 0.217. The molecule has 4 nitrogen and oxygen atoms in total. The summed E-state index contributed by atoms with van der Waals surface area (Å²) >= 11 is 6.51. The van der Waals surface area contributed by atoms with E-state index in [1.54, 1.807) is 18.2 Å². The fourth-order valence-corrected chi connectivity index (χ4v) is 3.94. The molecule has 0 spiro atoms. The van der Waals surface area contributed by atoms with Gasteiger partial charge in [0.25, 0.3) is 0 Å². The van der Waals surface area contributed by atoms with Crippen molar-refractivity contribution >= 4 is 41.9 Å². The first-order valence-corrected chi connectivity index (χ1v) is 9.42. The maximum absolute atomic E-state index is 12.1. The molecule has 0 atom stereocenters. The fourth-order valence-electron chi connectivity index (χ4n) is 1.43. The van der Waals surface area contributed by atoms with Crippen LogP contribution in [0.5, 0.6) is 0 Å². The van der Waals surface area contributed by atoms with Gasteiger partial charge in [-0.3, -0.25) is 0 Å². The summed E-state index contributed by atoms with van der Waals surface area (Å²) in [6, 6.07) is 5.03. The van der Waals surface area contributed by atoms with Gasteiger partial charge in [0.1, 0.15) is 0 Å². The smallest absolute Gasteiger partial charge is 0.241 e. The highest BCUT2D eigenvalue weighted by Gasteiger charge is 2.17. The third-order valence-corrected chi connectivity index (χ3v) is 5.51. The van der Waals surface area contributed by atoms with Gasteiger partial charge >= 0.3 is 0 Å². The van der Waals surface area contributed by atoms with Crippen LogP contribution in [0, 0.1) is 5.92 Å². The Kier molecular flexibility index (Phi) is 7.68. The van der Waals surface area contributed by atoms with Crippen molar-refractivity contribution in [1.82, 2.24) is 4.72 Å². The SMILES string of the molecule is CC(C)CCOCCNS(=O)(=O)c1cc(Br)ccc1Br. The third-order valence-electron chi connectivity index (χ3n) is 2.56. The Morgan fingerprint density at radius 2 is 1.95 bits per heavy atom. The van der Waals surface area contributed by atoms with Crippen LogP contribution in [0.4, 0.5) is 0 Å². The Morgan fingerprint density at radius 3 is 2.60 bits per heavy atom. The third kappa shape index (κ3) is 6.22. The van der Waals surface area contributed by atoms with Gasteiger partial charge < -0.3 is 4.74 Å². The van der Waals surface area contributed by atoms with Crippen LogP contribution >= 0.6 is 31.9 Å². The highest BCUT2D eigenvalue weighted by atomic mass is 79.9. The number of rotatable bonds is 8. The van der Waals surface area contributed by atoms with Crippen molar-refractivity contribution < 1.29 is 13.2 Å². The van der Waals surface area contributed by atoms with Gasteiger partial charge in [-0.15, -0.1) is 0 Å². The van der Waals surface area contributed by atoms with Crippen molar-refractivity contribution in [2.45, 2.75) is 25.2 Å². The average Bonchev–Trinajstić information content (AvgIpc) is 2.36. The highest BCUT2D eigenvalue weighted by molar-refractivity contribution is 9.11. The molecule has 0 saturated heterocycles. The van der Waals surface area contributed by atoms with Crippen molar-refractivity contribution in [3.05, 3.63) is 27.1 Å². The van der Waals surface area contributed by atoms with E-state index in [4.69, 9.17) is 4.74 Å². The summed E-state index contributed by atoms with van der Waals surface area (Å²) in [5, 5.41) is 0. The van der Waals surface area contributed by atoms with Gasteiger partial charge in [0, 0.05) is 22.1 Å². The van der Waals surface area contributed by atoms with E-state index < -0.39 is 10.0 Å². The molecule has 7 heteroatoms. The molecule has 0 saturated carbocycles. The largest absolute Gasteiger partial charge is 0.380 e. The van der Waals surface area contributed by atoms with Gasteiger partial charge in [-0.2, -0.15) is 0 Å². The molecule has 1 aromatic carbocycles. The van der Waals surface area contributed by atoms with Crippen molar-refractivity contribution in [3.8, 4) is 0 Å². The molecule has 1 N–H and O–H groups in total. The molecule has 0 bridgehead atoms. The predicted molar refractivity (Wildman–Crippen MR) is 87.3 cm³/mol. The lowest BCUT2D eigenvalue weighted by Crippen LogP contribution is -2.28. The molecule has 0 fully saturated rings. The number of nitrogens with one attached hydrogen (secondary N) is 1. The molecular formula is C13H19Br2NO3S. The monoisotopic (exact) mass is 427 g/mol. The lowest BCUT2D eigenvalue weighted by atomic mass is 10.1. The summed E-state index contributed by atoms with van der Waals surface area (Å²) in [6.07, 6.45) is 0.976. The molecule has 0 radical (unpaired) electrons. The minimum Gasteiger partial charge on any atom is -0.380 e. The van der Waals surface area contributed by atoms with Crippen LogP contribution < -0.4 is 4.72 Å². The van der Waals surface area contributed by atoms with E-state index in [-0.39, 0.29) is 11.4 Å². The van der Waals surface area contributed by atoms with E-state index in [1.807, 2.05) is 0 Å². The van der Waals surface area contributed by atoms with E-state index in [0.29, 0.717) is 28.1 Å². The number of ether oxygens (including phenoxy) is 1. The number of hydrogen-bond donors (Lipinski definition) is 1. The molecule has 0 aliphatic rings. The number of sulfonamides is 1. The van der Waals surface area contributed by atoms with Gasteiger partial charge in [-0.05, 0) is 46.5 Å². The maximum atomic E-state index is 12.1. The molecule has 0 amide bonds. The van der Waals surface area contributed by atoms with Gasteiger partial charge in [0.05, 0.1) is 11.5 Å². The molecular weight excluding hydrogens is 410 g/mol. The van der Waals surface area contributed by atoms with Crippen molar-refractivity contribution in [1.29, 1.82) is 0 Å². The summed E-state index contributed by atoms with van der Waals surface area (Å²) < 4.78 is 33.4. The standard InChI is InChI=1S/C13H19Br2NO3S/c1-10(2)5-7-19-8-6-16-20(17,18)13-9-11(14)3-4-12(13)15/h3-4,9-10,16H,5-8H2,1-2H3. The minimum atomic E-state index is -3.52. The number of halogens is 2. The second-order valence-electron chi connectivity index (χ2n) is 4.77. The van der Waals surface area contributed by atoms with E-state index in [1.165, 1.54) is 0 Å². The van der Waals surface area contributed by atoms with Gasteiger partial charge in [0.15, 0.2) is 0 Å². The Bertz CT molecular complexity index is 532. The van der Waals surface area contributed by atoms with E-state index in [9.17, 15) is 8.42 Å². The van der Waals surface area contributed by atoms with Crippen molar-refractivity contribution in [2.24, 2.45) is 5.92 Å². The molecule has 1 aromatic rings. The topological polar surface area (TPSA) is 55.4 Å². The summed E-state index contributed by atoms with van der Waals surface area (Å²) in [7, 11) is -3.52. The highest BCUT2D eigenvalue weighted by Crippen LogP contribution is 2.25. The van der Waals surface area contributed by atoms with E-state index >= 15 is 0 Å². The normalized spacial score (nSPS) is 12.1. The summed E-state index contributed by atoms with van der Waals surface area (Å²) in [4.78, 5) is 0.217. The first-order chi connectivity index (χ1) is 9.33. The fraction of sp³-hybridized carbons (Fsp3) is 0.538. The Morgan fingerprint density at radius 1 is 1.25 bits per heavy atom. The Hall–Kier alpha value is 0.0500. The van der Waals surface area contributed by atoms with Crippen LogP contribution in [-0.4, -0.2) is 28.2 Å². The maximum Gasteiger partial charge on any atom is 0.241 e. The van der Waals surface area contributed by atoms with Crippen LogP contribution in [0.15, 0.2) is 32.0 Å². The van der Waals surface area contributed by atoms with Gasteiger partial charge in [0.2, 0.25) is 10.0 Å². The lowest BCUT2D eigenvalue weighted by Gasteiger charge is -2.10. The molecule has 0 aliphatic carbocycles. The zero-order chi connectivity index (χ0) is 15.2. The van der Waals surface area contributed by atoms with E-state index in [2.05, 4.69) is 50.4 Å². The average molecular weight is 429 g/mol. The molecule has 0 heterocycles. The first-order valence-electron chi connectivity index (χ1n) is 6.35. The summed E-state index contributed by atoms with van der Waals surface area (Å²) in [5.74, 6) is 0.587. The first kappa shape index (κ1) is 18.1. The lowest BCUT2D eigenvalue weighted by molar-refractivity contribution is 0.128. The van der Waals surface area contributed by atoms with Crippen LogP contribution in [0.25, 0.3) is 0 Å². The zero-order valence-electron chi connectivity index (χ0n) is 11.5. The van der Waals surface area contributed by atoms with Crippen LogP contribution in [0.1, 0.15) is 20.3 Å². The van der Waals surface area contributed by atoms with Crippen molar-refractivity contribution in [3.63, 3.8) is 0 Å². The number of benzene rings is 1. The zero-order valence-corrected chi connectivity index (χ0v) is 15.5. The Labute approximate surface area is 137 Å². The van der Waals surface area contributed by atoms with Gasteiger partial charge in [-0.1, -0.05) is 29.8 Å². The molecule has 114 valence electrons. The van der Waals surface area contributed by atoms with Crippen LogP contribution in [0.2, 0.25) is 0 Å². The number of hydrogen-bond acceptors (Lipinski definition) is 3. The molecule has 20 heavy (non-hydrogen) atoms. The van der Waals surface area contributed by atoms with Crippen LogP contribution in [-0.2, 0) is 14.8 Å². The van der Waals surface area contributed by atoms with Crippen molar-refractivity contribution in [2.75, 3.05) is 19.8 Å². The molecule has 0 aromatic heterocycles. The predicted octanol–water partition coefficient (Wildman–Crippen LogP) is 3.55. The molecule has 0 aliphatic heterocycles. The molecule has 1 rings (SSSR count). The van der Waals surface area contributed by atoms with Crippen LogP contribution in [0.3, 0.4) is 0 Å². The molecule has 0 unspecified atom stereocenters. The summed E-state index contributed by atoms with van der Waals surface area (Å²) in [5.41, 5.74) is 0. The van der Waals surface area contributed by atoms with E-state index in [0.717, 1.165) is 6.42 Å². The second-order valence-corrected chi connectivity index (χ2v) is 8.27. The Balaban J connectivity index is 2.48. The van der Waals surface area contributed by atoms with Gasteiger partial charge in [-0.25, -0.2) is 13.1 Å². The second kappa shape index (κ2) is 8.48. The summed E-state index contributed by atoms with van der Waals surface area (Å²) in [6.45, 7) is 5.53.